The SMILES string of the molecule is C=CCOc1ccc(C2C(C(=O)OCC)=C(C)N=c3s/c(=C\c4ccc(N5CCOCC5)o4)c(=O)n32)cc1OCC. The second kappa shape index (κ2) is 12.6. The molecule has 216 valence electrons. The fraction of sp³-hybridized carbons (Fsp3) is 0.367. The molecule has 0 spiro atoms. The number of carbonyl (C=O) groups excluding carboxylic acids is 1. The Balaban J connectivity index is 1.61. The number of carbonyl (C=O) groups is 1. The Morgan fingerprint density at radius 2 is 1.95 bits per heavy atom. The standard InChI is InChI=1S/C30H33N3O7S/c1-5-14-39-22-10-8-20(17-23(22)37-6-2)27-26(29(35)38-7-3)19(4)31-30-33(27)28(34)24(41-30)18-21-9-11-25(40-21)32-12-15-36-16-13-32/h5,8-11,17-18,27H,1,6-7,12-16H2,2-4H3/b24-18-. The molecule has 2 aliphatic rings. The summed E-state index contributed by atoms with van der Waals surface area (Å²) >= 11 is 1.24. The zero-order valence-electron chi connectivity index (χ0n) is 23.4. The zero-order valence-corrected chi connectivity index (χ0v) is 24.2. The van der Waals surface area contributed by atoms with Gasteiger partial charge in [0.1, 0.15) is 12.4 Å². The van der Waals surface area contributed by atoms with E-state index < -0.39 is 12.0 Å². The molecule has 1 unspecified atom stereocenters. The van der Waals surface area contributed by atoms with E-state index in [9.17, 15) is 9.59 Å². The Morgan fingerprint density at radius 1 is 1.15 bits per heavy atom. The van der Waals surface area contributed by atoms with E-state index in [1.165, 1.54) is 15.9 Å². The monoisotopic (exact) mass is 579 g/mol. The second-order valence-electron chi connectivity index (χ2n) is 9.32. The lowest BCUT2D eigenvalue weighted by atomic mass is 9.95. The molecule has 0 N–H and O–H groups in total. The molecule has 1 aromatic carbocycles. The van der Waals surface area contributed by atoms with Crippen molar-refractivity contribution >= 4 is 29.3 Å². The lowest BCUT2D eigenvalue weighted by molar-refractivity contribution is -0.139. The molecule has 2 aliphatic heterocycles. The summed E-state index contributed by atoms with van der Waals surface area (Å²) in [5, 5.41) is 0. The van der Waals surface area contributed by atoms with Crippen LogP contribution in [0.15, 0.2) is 68.5 Å². The summed E-state index contributed by atoms with van der Waals surface area (Å²) < 4.78 is 30.5. The number of aromatic nitrogens is 1. The summed E-state index contributed by atoms with van der Waals surface area (Å²) in [6.07, 6.45) is 3.36. The molecular weight excluding hydrogens is 546 g/mol. The van der Waals surface area contributed by atoms with Crippen LogP contribution in [-0.4, -0.2) is 56.7 Å². The minimum Gasteiger partial charge on any atom is -0.490 e. The van der Waals surface area contributed by atoms with Gasteiger partial charge in [0.15, 0.2) is 22.2 Å². The Labute approximate surface area is 241 Å². The second-order valence-corrected chi connectivity index (χ2v) is 10.3. The van der Waals surface area contributed by atoms with Crippen LogP contribution in [0.1, 0.15) is 38.1 Å². The van der Waals surface area contributed by atoms with Gasteiger partial charge in [-0.25, -0.2) is 9.79 Å². The molecule has 11 heteroatoms. The number of rotatable bonds is 10. The first-order valence-electron chi connectivity index (χ1n) is 13.6. The van der Waals surface area contributed by atoms with E-state index in [1.54, 1.807) is 38.1 Å². The molecule has 0 radical (unpaired) electrons. The van der Waals surface area contributed by atoms with Crippen LogP contribution in [0.4, 0.5) is 5.88 Å². The van der Waals surface area contributed by atoms with Gasteiger partial charge in [0.05, 0.1) is 48.3 Å². The maximum Gasteiger partial charge on any atom is 0.338 e. The molecule has 1 fully saturated rings. The molecule has 3 aromatic rings. The minimum atomic E-state index is -0.777. The Kier molecular flexibility index (Phi) is 8.75. The molecule has 1 atom stereocenters. The quantitative estimate of drug-likeness (QED) is 0.267. The van der Waals surface area contributed by atoms with E-state index in [4.69, 9.17) is 23.4 Å². The van der Waals surface area contributed by atoms with Crippen LogP contribution < -0.4 is 29.3 Å². The summed E-state index contributed by atoms with van der Waals surface area (Å²) in [5.74, 6) is 1.79. The highest BCUT2D eigenvalue weighted by atomic mass is 32.1. The summed E-state index contributed by atoms with van der Waals surface area (Å²) in [4.78, 5) is 34.4. The van der Waals surface area contributed by atoms with Crippen molar-refractivity contribution < 1.29 is 28.2 Å². The van der Waals surface area contributed by atoms with Crippen molar-refractivity contribution in [1.82, 2.24) is 4.57 Å². The molecule has 0 bridgehead atoms. The average molecular weight is 580 g/mol. The average Bonchev–Trinajstić information content (AvgIpc) is 3.56. The Hall–Kier alpha value is -4.09. The van der Waals surface area contributed by atoms with Crippen molar-refractivity contribution in [1.29, 1.82) is 0 Å². The van der Waals surface area contributed by atoms with Crippen LogP contribution in [0.2, 0.25) is 0 Å². The molecule has 10 nitrogen and oxygen atoms in total. The number of morpholine rings is 1. The number of hydrogen-bond acceptors (Lipinski definition) is 10. The number of hydrogen-bond donors (Lipinski definition) is 0. The Bertz CT molecular complexity index is 1640. The molecule has 0 aliphatic carbocycles. The molecule has 0 amide bonds. The van der Waals surface area contributed by atoms with Crippen LogP contribution >= 0.6 is 11.3 Å². The number of ether oxygens (including phenoxy) is 4. The van der Waals surface area contributed by atoms with Gasteiger partial charge in [-0.15, -0.1) is 0 Å². The predicted octanol–water partition coefficient (Wildman–Crippen LogP) is 3.19. The van der Waals surface area contributed by atoms with E-state index in [-0.39, 0.29) is 12.2 Å². The first kappa shape index (κ1) is 28.4. The van der Waals surface area contributed by atoms with Gasteiger partial charge in [-0.3, -0.25) is 9.36 Å². The summed E-state index contributed by atoms with van der Waals surface area (Å²) in [6.45, 7) is 12.7. The lowest BCUT2D eigenvalue weighted by Crippen LogP contribution is -2.40. The molecule has 1 saturated heterocycles. The van der Waals surface area contributed by atoms with E-state index >= 15 is 0 Å². The predicted molar refractivity (Wildman–Crippen MR) is 155 cm³/mol. The van der Waals surface area contributed by atoms with Crippen molar-refractivity contribution in [2.45, 2.75) is 26.8 Å². The highest BCUT2D eigenvalue weighted by molar-refractivity contribution is 7.07. The normalized spacial score (nSPS) is 17.2. The number of thiazole rings is 1. The third kappa shape index (κ3) is 5.86. The van der Waals surface area contributed by atoms with Crippen molar-refractivity contribution in [3.63, 3.8) is 0 Å². The molecule has 2 aromatic heterocycles. The van der Waals surface area contributed by atoms with Crippen LogP contribution in [0, 0.1) is 0 Å². The topological polar surface area (TPSA) is 105 Å². The van der Waals surface area contributed by atoms with E-state index in [2.05, 4.69) is 16.5 Å². The molecule has 0 saturated carbocycles. The van der Waals surface area contributed by atoms with E-state index in [1.807, 2.05) is 25.1 Å². The fourth-order valence-corrected chi connectivity index (χ4v) is 5.87. The molecule has 5 rings (SSSR count). The first-order valence-corrected chi connectivity index (χ1v) is 14.4. The summed E-state index contributed by atoms with van der Waals surface area (Å²) in [6, 6.07) is 8.34. The van der Waals surface area contributed by atoms with Gasteiger partial charge in [0, 0.05) is 25.2 Å². The van der Waals surface area contributed by atoms with E-state index in [0.717, 1.165) is 19.0 Å². The maximum atomic E-state index is 13.9. The number of nitrogens with zero attached hydrogens (tertiary/aromatic N) is 3. The summed E-state index contributed by atoms with van der Waals surface area (Å²) in [7, 11) is 0. The number of anilines is 1. The number of esters is 1. The smallest absolute Gasteiger partial charge is 0.338 e. The van der Waals surface area contributed by atoms with Crippen LogP contribution in [0.5, 0.6) is 11.5 Å². The molecule has 4 heterocycles. The summed E-state index contributed by atoms with van der Waals surface area (Å²) in [5.41, 5.74) is 1.15. The maximum absolute atomic E-state index is 13.9. The number of furan rings is 1. The highest BCUT2D eigenvalue weighted by Gasteiger charge is 2.34. The number of benzene rings is 1. The largest absolute Gasteiger partial charge is 0.490 e. The molecular formula is C30H33N3O7S. The van der Waals surface area contributed by atoms with Gasteiger partial charge in [-0.2, -0.15) is 0 Å². The first-order chi connectivity index (χ1) is 19.9. The van der Waals surface area contributed by atoms with Crippen molar-refractivity contribution in [3.8, 4) is 11.5 Å². The lowest BCUT2D eigenvalue weighted by Gasteiger charge is -2.26. The third-order valence-corrected chi connectivity index (χ3v) is 7.65. The van der Waals surface area contributed by atoms with Gasteiger partial charge < -0.3 is 28.3 Å². The molecule has 41 heavy (non-hydrogen) atoms. The number of allylic oxidation sites excluding steroid dienone is 1. The van der Waals surface area contributed by atoms with Gasteiger partial charge in [-0.1, -0.05) is 30.1 Å². The van der Waals surface area contributed by atoms with Gasteiger partial charge >= 0.3 is 5.97 Å². The minimum absolute atomic E-state index is 0.190. The zero-order chi connectivity index (χ0) is 28.9. The highest BCUT2D eigenvalue weighted by Crippen LogP contribution is 2.36. The van der Waals surface area contributed by atoms with Gasteiger partial charge in [0.25, 0.3) is 5.56 Å². The Morgan fingerprint density at radius 3 is 2.68 bits per heavy atom. The van der Waals surface area contributed by atoms with Crippen LogP contribution in [0.25, 0.3) is 6.08 Å². The third-order valence-electron chi connectivity index (χ3n) is 6.67. The van der Waals surface area contributed by atoms with Crippen molar-refractivity contribution in [2.24, 2.45) is 4.99 Å². The van der Waals surface area contributed by atoms with Crippen molar-refractivity contribution in [2.75, 3.05) is 51.0 Å². The van der Waals surface area contributed by atoms with Gasteiger partial charge in [0.2, 0.25) is 0 Å². The van der Waals surface area contributed by atoms with Crippen LogP contribution in [0.3, 0.4) is 0 Å². The number of fused-ring (bicyclic) bond motifs is 1. The van der Waals surface area contributed by atoms with Gasteiger partial charge in [-0.05, 0) is 44.5 Å². The fourth-order valence-electron chi connectivity index (χ4n) is 4.84. The van der Waals surface area contributed by atoms with Crippen molar-refractivity contribution in [3.05, 3.63) is 85.3 Å². The van der Waals surface area contributed by atoms with E-state index in [0.29, 0.717) is 69.9 Å². The van der Waals surface area contributed by atoms with Crippen LogP contribution in [-0.2, 0) is 14.3 Å².